The highest BCUT2D eigenvalue weighted by Crippen LogP contribution is 2.47. The summed E-state index contributed by atoms with van der Waals surface area (Å²) >= 11 is 0. The molecular weight excluding hydrogens is 420 g/mol. The molecule has 7 nitrogen and oxygen atoms in total. The van der Waals surface area contributed by atoms with Gasteiger partial charge in [0.05, 0.1) is 13.2 Å². The maximum Gasteiger partial charge on any atom is 0.276 e. The number of hydrogen-bond donors (Lipinski definition) is 0. The van der Waals surface area contributed by atoms with Crippen LogP contribution in [0.25, 0.3) is 0 Å². The summed E-state index contributed by atoms with van der Waals surface area (Å²) < 4.78 is 39.0. The van der Waals surface area contributed by atoms with Crippen molar-refractivity contribution in [2.24, 2.45) is 0 Å². The molecule has 2 aromatic rings. The van der Waals surface area contributed by atoms with Crippen molar-refractivity contribution in [1.82, 2.24) is 14.8 Å². The summed E-state index contributed by atoms with van der Waals surface area (Å²) in [5.41, 5.74) is -0.340. The Labute approximate surface area is 183 Å². The summed E-state index contributed by atoms with van der Waals surface area (Å²) in [4.78, 5) is 33.8. The fraction of sp³-hybridized carbons (Fsp3) is 0.435. The van der Waals surface area contributed by atoms with Crippen LogP contribution in [0.4, 0.5) is 8.78 Å². The molecule has 1 aromatic heterocycles. The molecule has 4 heterocycles. The molecule has 2 unspecified atom stereocenters. The van der Waals surface area contributed by atoms with Crippen LogP contribution >= 0.6 is 0 Å². The van der Waals surface area contributed by atoms with Crippen molar-refractivity contribution in [2.45, 2.75) is 43.6 Å². The van der Waals surface area contributed by atoms with E-state index < -0.39 is 29.5 Å². The highest BCUT2D eigenvalue weighted by molar-refractivity contribution is 5.95. The summed E-state index contributed by atoms with van der Waals surface area (Å²) in [7, 11) is 1.48. The molecule has 3 aliphatic heterocycles. The van der Waals surface area contributed by atoms with Crippen molar-refractivity contribution < 1.29 is 27.8 Å². The molecule has 168 valence electrons. The van der Waals surface area contributed by atoms with E-state index in [1.165, 1.54) is 25.4 Å². The second kappa shape index (κ2) is 7.81. The maximum absolute atomic E-state index is 13.8. The molecule has 0 radical (unpaired) electrons. The number of carbonyl (C=O) groups excluding carboxylic acids is 2. The van der Waals surface area contributed by atoms with Crippen LogP contribution in [0.2, 0.25) is 0 Å². The number of likely N-dealkylation sites (tertiary alicyclic amines) is 1. The predicted molar refractivity (Wildman–Crippen MR) is 109 cm³/mol. The number of hydrogen-bond acceptors (Lipinski definition) is 5. The van der Waals surface area contributed by atoms with Gasteiger partial charge in [-0.2, -0.15) is 0 Å². The number of benzene rings is 1. The Morgan fingerprint density at radius 2 is 1.91 bits per heavy atom. The SMILES string of the molecule is COc1cccnc1C(=O)N1CCC2(CC1)OC1CCC(c3cc(F)cc(F)c3)N1C2=O. The second-order valence-electron chi connectivity index (χ2n) is 8.42. The van der Waals surface area contributed by atoms with E-state index in [9.17, 15) is 18.4 Å². The quantitative estimate of drug-likeness (QED) is 0.729. The van der Waals surface area contributed by atoms with Gasteiger partial charge in [0, 0.05) is 38.2 Å². The maximum atomic E-state index is 13.8. The van der Waals surface area contributed by atoms with E-state index in [-0.39, 0.29) is 17.5 Å². The third-order valence-corrected chi connectivity index (χ3v) is 6.64. The first-order valence-electron chi connectivity index (χ1n) is 10.7. The van der Waals surface area contributed by atoms with Gasteiger partial charge in [0.2, 0.25) is 0 Å². The van der Waals surface area contributed by atoms with Gasteiger partial charge in [-0.1, -0.05) is 0 Å². The smallest absolute Gasteiger partial charge is 0.276 e. The van der Waals surface area contributed by atoms with Crippen LogP contribution < -0.4 is 4.74 Å². The number of aromatic nitrogens is 1. The first-order valence-corrected chi connectivity index (χ1v) is 10.7. The molecular formula is C23H23F2N3O4. The van der Waals surface area contributed by atoms with E-state index in [0.717, 1.165) is 6.07 Å². The largest absolute Gasteiger partial charge is 0.494 e. The standard InChI is InChI=1S/C23H23F2N3O4/c1-31-18-3-2-8-26-20(18)21(29)27-9-6-23(7-10-27)22(30)28-17(4-5-19(28)32-23)14-11-15(24)13-16(25)12-14/h2-3,8,11-13,17,19H,4-7,9-10H2,1H3. The van der Waals surface area contributed by atoms with E-state index in [1.807, 2.05) is 0 Å². The predicted octanol–water partition coefficient (Wildman–Crippen LogP) is 3.06. The molecule has 3 saturated heterocycles. The van der Waals surface area contributed by atoms with Crippen molar-refractivity contribution in [3.8, 4) is 5.75 Å². The van der Waals surface area contributed by atoms with Crippen LogP contribution in [0.5, 0.6) is 5.75 Å². The topological polar surface area (TPSA) is 72.0 Å². The van der Waals surface area contributed by atoms with Gasteiger partial charge in [-0.15, -0.1) is 0 Å². The first-order chi connectivity index (χ1) is 15.4. The molecule has 2 atom stereocenters. The molecule has 0 aliphatic carbocycles. The molecule has 3 aliphatic rings. The number of pyridine rings is 1. The van der Waals surface area contributed by atoms with Crippen LogP contribution in [-0.4, -0.2) is 58.6 Å². The fourth-order valence-corrected chi connectivity index (χ4v) is 5.08. The Hall–Kier alpha value is -3.07. The number of methoxy groups -OCH3 is 1. The number of rotatable bonds is 3. The number of amides is 2. The molecule has 9 heteroatoms. The number of halogens is 2. The lowest BCUT2D eigenvalue weighted by Crippen LogP contribution is -2.51. The Bertz CT molecular complexity index is 1050. The number of ether oxygens (including phenoxy) is 2. The monoisotopic (exact) mass is 443 g/mol. The van der Waals surface area contributed by atoms with E-state index in [2.05, 4.69) is 4.98 Å². The van der Waals surface area contributed by atoms with Crippen molar-refractivity contribution in [3.63, 3.8) is 0 Å². The Kier molecular flexibility index (Phi) is 5.08. The lowest BCUT2D eigenvalue weighted by molar-refractivity contribution is -0.142. The van der Waals surface area contributed by atoms with Crippen LogP contribution in [0.3, 0.4) is 0 Å². The van der Waals surface area contributed by atoms with Gasteiger partial charge >= 0.3 is 0 Å². The molecule has 1 aromatic carbocycles. The van der Waals surface area contributed by atoms with Crippen LogP contribution in [0.1, 0.15) is 47.8 Å². The minimum atomic E-state index is -1.01. The van der Waals surface area contributed by atoms with Crippen LogP contribution in [-0.2, 0) is 9.53 Å². The van der Waals surface area contributed by atoms with E-state index in [1.54, 1.807) is 21.9 Å². The molecule has 3 fully saturated rings. The number of fused-ring (bicyclic) bond motifs is 1. The van der Waals surface area contributed by atoms with Gasteiger partial charge in [0.1, 0.15) is 23.6 Å². The van der Waals surface area contributed by atoms with Gasteiger partial charge in [0.15, 0.2) is 11.3 Å². The number of carbonyl (C=O) groups is 2. The van der Waals surface area contributed by atoms with E-state index in [0.29, 0.717) is 50.1 Å². The summed E-state index contributed by atoms with van der Waals surface area (Å²) in [6.45, 7) is 0.675. The van der Waals surface area contributed by atoms with E-state index in [4.69, 9.17) is 9.47 Å². The average molecular weight is 443 g/mol. The number of nitrogens with zero attached hydrogens (tertiary/aromatic N) is 3. The summed E-state index contributed by atoms with van der Waals surface area (Å²) in [5, 5.41) is 0. The number of piperidine rings is 1. The highest BCUT2D eigenvalue weighted by atomic mass is 19.1. The zero-order valence-electron chi connectivity index (χ0n) is 17.6. The molecule has 0 N–H and O–H groups in total. The third kappa shape index (κ3) is 3.31. The van der Waals surface area contributed by atoms with Crippen LogP contribution in [0.15, 0.2) is 36.5 Å². The first kappa shape index (κ1) is 20.8. The second-order valence-corrected chi connectivity index (χ2v) is 8.42. The minimum absolute atomic E-state index is 0.169. The molecule has 1 spiro atoms. The minimum Gasteiger partial charge on any atom is -0.494 e. The lowest BCUT2D eigenvalue weighted by Gasteiger charge is -2.37. The van der Waals surface area contributed by atoms with Crippen molar-refractivity contribution in [3.05, 3.63) is 59.4 Å². The molecule has 5 rings (SSSR count). The normalized spacial score (nSPS) is 24.2. The molecule has 0 saturated carbocycles. The molecule has 0 bridgehead atoms. The summed E-state index contributed by atoms with van der Waals surface area (Å²) in [5.74, 6) is -1.35. The Balaban J connectivity index is 1.32. The molecule has 2 amide bonds. The highest BCUT2D eigenvalue weighted by Gasteiger charge is 2.58. The average Bonchev–Trinajstić information content (AvgIpc) is 3.31. The lowest BCUT2D eigenvalue weighted by atomic mass is 9.89. The Morgan fingerprint density at radius 3 is 2.59 bits per heavy atom. The van der Waals surface area contributed by atoms with Crippen molar-refractivity contribution in [2.75, 3.05) is 20.2 Å². The third-order valence-electron chi connectivity index (χ3n) is 6.64. The summed E-state index contributed by atoms with van der Waals surface area (Å²) in [6.07, 6.45) is 3.00. The molecule has 32 heavy (non-hydrogen) atoms. The van der Waals surface area contributed by atoms with Gasteiger partial charge in [-0.05, 0) is 42.7 Å². The Morgan fingerprint density at radius 1 is 1.19 bits per heavy atom. The fourth-order valence-electron chi connectivity index (χ4n) is 5.08. The van der Waals surface area contributed by atoms with E-state index >= 15 is 0 Å². The zero-order chi connectivity index (χ0) is 22.5. The zero-order valence-corrected chi connectivity index (χ0v) is 17.6. The van der Waals surface area contributed by atoms with Gasteiger partial charge < -0.3 is 19.3 Å². The van der Waals surface area contributed by atoms with Gasteiger partial charge in [0.25, 0.3) is 11.8 Å². The van der Waals surface area contributed by atoms with Gasteiger partial charge in [-0.25, -0.2) is 13.8 Å². The van der Waals surface area contributed by atoms with Crippen molar-refractivity contribution in [1.29, 1.82) is 0 Å². The van der Waals surface area contributed by atoms with Gasteiger partial charge in [-0.3, -0.25) is 9.59 Å². The summed E-state index contributed by atoms with van der Waals surface area (Å²) in [6, 6.07) is 6.32. The van der Waals surface area contributed by atoms with Crippen molar-refractivity contribution >= 4 is 11.8 Å². The van der Waals surface area contributed by atoms with Crippen LogP contribution in [0, 0.1) is 11.6 Å².